The van der Waals surface area contributed by atoms with Gasteiger partial charge in [0.15, 0.2) is 0 Å². The van der Waals surface area contributed by atoms with E-state index in [-0.39, 0.29) is 0 Å². The molecule has 5 rings (SSSR count). The highest BCUT2D eigenvalue weighted by Crippen LogP contribution is 2.56. The molecular formula is C19H27N. The Bertz CT molecular complexity index is 410. The first-order chi connectivity index (χ1) is 9.88. The van der Waals surface area contributed by atoms with Crippen LogP contribution in [0.1, 0.15) is 37.7 Å². The van der Waals surface area contributed by atoms with Crippen LogP contribution >= 0.6 is 0 Å². The summed E-state index contributed by atoms with van der Waals surface area (Å²) in [5, 5.41) is 3.76. The number of benzene rings is 1. The summed E-state index contributed by atoms with van der Waals surface area (Å²) < 4.78 is 0. The predicted octanol–water partition coefficient (Wildman–Crippen LogP) is 3.89. The van der Waals surface area contributed by atoms with Gasteiger partial charge in [-0.25, -0.2) is 0 Å². The molecule has 0 radical (unpaired) electrons. The van der Waals surface area contributed by atoms with Crippen molar-refractivity contribution in [2.24, 2.45) is 29.6 Å². The molecule has 0 atom stereocenters. The largest absolute Gasteiger partial charge is 0.316 e. The smallest absolute Gasteiger partial charge is 0.000823 e. The topological polar surface area (TPSA) is 12.0 Å². The fraction of sp³-hybridized carbons (Fsp3) is 0.684. The zero-order chi connectivity index (χ0) is 13.4. The van der Waals surface area contributed by atoms with Crippen molar-refractivity contribution in [2.75, 3.05) is 13.1 Å². The van der Waals surface area contributed by atoms with Gasteiger partial charge in [0, 0.05) is 0 Å². The lowest BCUT2D eigenvalue weighted by molar-refractivity contribution is -0.0353. The Morgan fingerprint density at radius 1 is 0.850 bits per heavy atom. The lowest BCUT2D eigenvalue weighted by Gasteiger charge is -2.54. The van der Waals surface area contributed by atoms with E-state index in [9.17, 15) is 0 Å². The lowest BCUT2D eigenvalue weighted by Crippen LogP contribution is -2.48. The van der Waals surface area contributed by atoms with Crippen LogP contribution < -0.4 is 5.32 Å². The molecule has 1 N–H and O–H groups in total. The summed E-state index contributed by atoms with van der Waals surface area (Å²) in [4.78, 5) is 0. The van der Waals surface area contributed by atoms with E-state index in [1.54, 1.807) is 32.1 Å². The Labute approximate surface area is 123 Å². The van der Waals surface area contributed by atoms with Crippen molar-refractivity contribution in [3.05, 3.63) is 35.9 Å². The molecule has 108 valence electrons. The highest BCUT2D eigenvalue weighted by molar-refractivity contribution is 5.14. The van der Waals surface area contributed by atoms with E-state index < -0.39 is 0 Å². The molecule has 20 heavy (non-hydrogen) atoms. The van der Waals surface area contributed by atoms with Crippen LogP contribution in [0.25, 0.3) is 0 Å². The third-order valence-corrected chi connectivity index (χ3v) is 6.24. The standard InChI is InChI=1S/C19H27N/c1-2-4-14(5-3-1)6-7-20-13-19-17-9-15-8-16(11-17)12-18(19)10-15/h1-5,15-20H,6-13H2. The number of rotatable bonds is 5. The number of hydrogen-bond donors (Lipinski definition) is 1. The summed E-state index contributed by atoms with van der Waals surface area (Å²) >= 11 is 0. The lowest BCUT2D eigenvalue weighted by atomic mass is 9.52. The summed E-state index contributed by atoms with van der Waals surface area (Å²) in [6, 6.07) is 10.9. The minimum absolute atomic E-state index is 0.999. The average Bonchev–Trinajstić information content (AvgIpc) is 2.46. The Morgan fingerprint density at radius 2 is 1.50 bits per heavy atom. The van der Waals surface area contributed by atoms with Crippen LogP contribution in [-0.4, -0.2) is 13.1 Å². The second-order valence-corrected chi connectivity index (χ2v) is 7.53. The SMILES string of the molecule is c1ccc(CCNCC2C3CC4CC(C3)CC2C4)cc1. The molecule has 0 heterocycles. The summed E-state index contributed by atoms with van der Waals surface area (Å²) in [5.74, 6) is 5.35. The van der Waals surface area contributed by atoms with Gasteiger partial charge < -0.3 is 5.32 Å². The van der Waals surface area contributed by atoms with E-state index >= 15 is 0 Å². The average molecular weight is 269 g/mol. The molecule has 4 bridgehead atoms. The van der Waals surface area contributed by atoms with Gasteiger partial charge in [-0.1, -0.05) is 30.3 Å². The van der Waals surface area contributed by atoms with Gasteiger partial charge in [-0.05, 0) is 86.8 Å². The van der Waals surface area contributed by atoms with E-state index in [1.807, 2.05) is 0 Å². The van der Waals surface area contributed by atoms with Crippen LogP contribution in [-0.2, 0) is 6.42 Å². The van der Waals surface area contributed by atoms with E-state index in [4.69, 9.17) is 0 Å². The summed E-state index contributed by atoms with van der Waals surface area (Å²) in [6.07, 6.45) is 8.96. The van der Waals surface area contributed by atoms with E-state index in [0.717, 1.165) is 36.1 Å². The quantitative estimate of drug-likeness (QED) is 0.800. The first-order valence-electron chi connectivity index (χ1n) is 8.63. The van der Waals surface area contributed by atoms with Gasteiger partial charge >= 0.3 is 0 Å². The summed E-state index contributed by atoms with van der Waals surface area (Å²) in [5.41, 5.74) is 1.46. The Kier molecular flexibility index (Phi) is 3.56. The minimum Gasteiger partial charge on any atom is -0.316 e. The molecule has 1 aromatic rings. The van der Waals surface area contributed by atoms with Gasteiger partial charge in [-0.15, -0.1) is 0 Å². The second kappa shape index (κ2) is 5.52. The van der Waals surface area contributed by atoms with Gasteiger partial charge in [-0.2, -0.15) is 0 Å². The predicted molar refractivity (Wildman–Crippen MR) is 83.6 cm³/mol. The minimum atomic E-state index is 0.999. The van der Waals surface area contributed by atoms with Gasteiger partial charge in [-0.3, -0.25) is 0 Å². The van der Waals surface area contributed by atoms with Crippen molar-refractivity contribution in [1.29, 1.82) is 0 Å². The van der Waals surface area contributed by atoms with Crippen molar-refractivity contribution < 1.29 is 0 Å². The van der Waals surface area contributed by atoms with Crippen molar-refractivity contribution in [2.45, 2.75) is 38.5 Å². The highest BCUT2D eigenvalue weighted by Gasteiger charge is 2.47. The molecule has 4 aliphatic rings. The van der Waals surface area contributed by atoms with Crippen LogP contribution in [0.2, 0.25) is 0 Å². The van der Waals surface area contributed by atoms with Crippen molar-refractivity contribution in [1.82, 2.24) is 5.32 Å². The zero-order valence-electron chi connectivity index (χ0n) is 12.4. The van der Waals surface area contributed by atoms with Gasteiger partial charge in [0.2, 0.25) is 0 Å². The van der Waals surface area contributed by atoms with E-state index in [0.29, 0.717) is 0 Å². The van der Waals surface area contributed by atoms with Crippen molar-refractivity contribution in [3.63, 3.8) is 0 Å². The Balaban J connectivity index is 1.26. The Morgan fingerprint density at radius 3 is 2.15 bits per heavy atom. The summed E-state index contributed by atoms with van der Waals surface area (Å²) in [7, 11) is 0. The molecular weight excluding hydrogens is 242 g/mol. The first-order valence-corrected chi connectivity index (χ1v) is 8.63. The molecule has 1 heteroatoms. The monoisotopic (exact) mass is 269 g/mol. The Hall–Kier alpha value is -0.820. The molecule has 1 aromatic carbocycles. The van der Waals surface area contributed by atoms with Crippen LogP contribution in [0.5, 0.6) is 0 Å². The molecule has 1 nitrogen and oxygen atoms in total. The van der Waals surface area contributed by atoms with Crippen LogP contribution in [0.3, 0.4) is 0 Å². The molecule has 0 amide bonds. The van der Waals surface area contributed by atoms with Gasteiger partial charge in [0.05, 0.1) is 0 Å². The third-order valence-electron chi connectivity index (χ3n) is 6.24. The molecule has 4 aliphatic carbocycles. The maximum absolute atomic E-state index is 3.76. The second-order valence-electron chi connectivity index (χ2n) is 7.53. The highest BCUT2D eigenvalue weighted by atomic mass is 14.9. The van der Waals surface area contributed by atoms with Crippen molar-refractivity contribution in [3.8, 4) is 0 Å². The third kappa shape index (κ3) is 2.53. The molecule has 4 saturated carbocycles. The fourth-order valence-electron chi connectivity index (χ4n) is 5.52. The van der Waals surface area contributed by atoms with E-state index in [2.05, 4.69) is 35.6 Å². The fourth-order valence-corrected chi connectivity index (χ4v) is 5.52. The normalized spacial score (nSPS) is 38.3. The van der Waals surface area contributed by atoms with Crippen LogP contribution in [0.15, 0.2) is 30.3 Å². The molecule has 0 spiro atoms. The van der Waals surface area contributed by atoms with Crippen molar-refractivity contribution >= 4 is 0 Å². The van der Waals surface area contributed by atoms with Gasteiger partial charge in [0.1, 0.15) is 0 Å². The number of hydrogen-bond acceptors (Lipinski definition) is 1. The zero-order valence-corrected chi connectivity index (χ0v) is 12.4. The van der Waals surface area contributed by atoms with Gasteiger partial charge in [0.25, 0.3) is 0 Å². The molecule has 0 unspecified atom stereocenters. The van der Waals surface area contributed by atoms with Crippen LogP contribution in [0.4, 0.5) is 0 Å². The molecule has 0 aromatic heterocycles. The molecule has 4 fully saturated rings. The number of nitrogens with one attached hydrogen (secondary N) is 1. The molecule has 0 aliphatic heterocycles. The first kappa shape index (κ1) is 12.9. The van der Waals surface area contributed by atoms with E-state index in [1.165, 1.54) is 18.5 Å². The maximum Gasteiger partial charge on any atom is -0.000823 e. The maximum atomic E-state index is 3.76. The molecule has 0 saturated heterocycles. The van der Waals surface area contributed by atoms with Crippen LogP contribution in [0, 0.1) is 29.6 Å². The summed E-state index contributed by atoms with van der Waals surface area (Å²) in [6.45, 7) is 2.43.